The average Bonchev–Trinajstić information content (AvgIpc) is 3.05. The number of benzene rings is 1. The Kier molecular flexibility index (Phi) is 2.79. The molecule has 19 heavy (non-hydrogen) atoms. The van der Waals surface area contributed by atoms with E-state index in [2.05, 4.69) is 14.9 Å². The SMILES string of the molecule is O=[N+]([O-])c1ccc(N2CCCC2CO)c2nonc12. The number of nitro groups is 1. The average molecular weight is 264 g/mol. The fourth-order valence-corrected chi connectivity index (χ4v) is 2.56. The summed E-state index contributed by atoms with van der Waals surface area (Å²) in [6, 6.07) is 3.05. The molecular formula is C11H12N4O4. The lowest BCUT2D eigenvalue weighted by molar-refractivity contribution is -0.383. The standard InChI is InChI=1S/C11H12N4O4/c16-6-7-2-1-5-14(7)8-3-4-9(15(17)18)11-10(8)12-19-13-11/h3-4,7,16H,1-2,5-6H2. The van der Waals surface area contributed by atoms with Gasteiger partial charge in [0, 0.05) is 12.6 Å². The predicted octanol–water partition coefficient (Wildman–Crippen LogP) is 1.09. The van der Waals surface area contributed by atoms with Crippen LogP contribution in [-0.4, -0.2) is 39.5 Å². The Labute approximate surface area is 107 Å². The smallest absolute Gasteiger partial charge is 0.300 e. The monoisotopic (exact) mass is 264 g/mol. The Hall–Kier alpha value is -2.22. The molecular weight excluding hydrogens is 252 g/mol. The van der Waals surface area contributed by atoms with Crippen molar-refractivity contribution in [3.63, 3.8) is 0 Å². The van der Waals surface area contributed by atoms with Gasteiger partial charge in [0.15, 0.2) is 5.52 Å². The van der Waals surface area contributed by atoms with E-state index in [0.29, 0.717) is 5.52 Å². The molecule has 0 radical (unpaired) electrons. The molecule has 1 saturated heterocycles. The Balaban J connectivity index is 2.13. The van der Waals surface area contributed by atoms with Gasteiger partial charge in [0.2, 0.25) is 5.52 Å². The highest BCUT2D eigenvalue weighted by atomic mass is 16.6. The first-order chi connectivity index (χ1) is 9.22. The highest BCUT2D eigenvalue weighted by Crippen LogP contribution is 2.34. The van der Waals surface area contributed by atoms with E-state index >= 15 is 0 Å². The van der Waals surface area contributed by atoms with Crippen LogP contribution in [0, 0.1) is 10.1 Å². The van der Waals surface area contributed by atoms with Crippen molar-refractivity contribution in [1.82, 2.24) is 10.3 Å². The Morgan fingerprint density at radius 3 is 3.00 bits per heavy atom. The summed E-state index contributed by atoms with van der Waals surface area (Å²) in [5, 5.41) is 27.6. The largest absolute Gasteiger partial charge is 0.394 e. The van der Waals surface area contributed by atoms with Crippen molar-refractivity contribution in [2.45, 2.75) is 18.9 Å². The van der Waals surface area contributed by atoms with E-state index in [1.807, 2.05) is 4.90 Å². The zero-order valence-corrected chi connectivity index (χ0v) is 10.0. The van der Waals surface area contributed by atoms with Crippen LogP contribution in [0.25, 0.3) is 11.0 Å². The second-order valence-corrected chi connectivity index (χ2v) is 4.49. The zero-order chi connectivity index (χ0) is 13.4. The molecule has 3 rings (SSSR count). The van der Waals surface area contributed by atoms with Gasteiger partial charge in [0.05, 0.1) is 23.3 Å². The summed E-state index contributed by atoms with van der Waals surface area (Å²) in [6.07, 6.45) is 1.86. The Bertz CT molecular complexity index is 626. The molecule has 8 heteroatoms. The summed E-state index contributed by atoms with van der Waals surface area (Å²) in [6.45, 7) is 0.828. The lowest BCUT2D eigenvalue weighted by atomic mass is 10.2. The molecule has 1 aliphatic heterocycles. The molecule has 1 atom stereocenters. The second-order valence-electron chi connectivity index (χ2n) is 4.49. The van der Waals surface area contributed by atoms with Crippen LogP contribution in [0.1, 0.15) is 12.8 Å². The molecule has 1 aromatic carbocycles. The molecule has 0 spiro atoms. The number of nitrogens with zero attached hydrogens (tertiary/aromatic N) is 4. The van der Waals surface area contributed by atoms with Crippen molar-refractivity contribution in [2.24, 2.45) is 0 Å². The lowest BCUT2D eigenvalue weighted by Crippen LogP contribution is -2.32. The quantitative estimate of drug-likeness (QED) is 0.653. The summed E-state index contributed by atoms with van der Waals surface area (Å²) < 4.78 is 4.63. The third-order valence-electron chi connectivity index (χ3n) is 3.47. The van der Waals surface area contributed by atoms with E-state index in [1.54, 1.807) is 6.07 Å². The maximum atomic E-state index is 10.9. The van der Waals surface area contributed by atoms with E-state index in [0.717, 1.165) is 25.1 Å². The minimum Gasteiger partial charge on any atom is -0.394 e. The van der Waals surface area contributed by atoms with Crippen molar-refractivity contribution in [3.05, 3.63) is 22.2 Å². The van der Waals surface area contributed by atoms with Gasteiger partial charge in [-0.2, -0.15) is 0 Å². The van der Waals surface area contributed by atoms with Gasteiger partial charge in [-0.25, -0.2) is 4.63 Å². The number of hydrogen-bond donors (Lipinski definition) is 1. The fraction of sp³-hybridized carbons (Fsp3) is 0.455. The summed E-state index contributed by atoms with van der Waals surface area (Å²) >= 11 is 0. The van der Waals surface area contributed by atoms with Gasteiger partial charge in [-0.3, -0.25) is 10.1 Å². The number of hydrogen-bond acceptors (Lipinski definition) is 7. The summed E-state index contributed by atoms with van der Waals surface area (Å²) in [4.78, 5) is 12.4. The molecule has 1 unspecified atom stereocenters. The summed E-state index contributed by atoms with van der Waals surface area (Å²) in [5.41, 5.74) is 1.11. The normalized spacial score (nSPS) is 19.2. The number of rotatable bonds is 3. The first kappa shape index (κ1) is 11.8. The highest BCUT2D eigenvalue weighted by Gasteiger charge is 2.29. The summed E-state index contributed by atoms with van der Waals surface area (Å²) in [5.74, 6) is 0. The molecule has 1 aromatic heterocycles. The van der Waals surface area contributed by atoms with Gasteiger partial charge in [-0.15, -0.1) is 0 Å². The third-order valence-corrected chi connectivity index (χ3v) is 3.47. The van der Waals surface area contributed by atoms with Crippen LogP contribution in [0.5, 0.6) is 0 Å². The van der Waals surface area contributed by atoms with Crippen LogP contribution in [0.4, 0.5) is 11.4 Å². The number of aliphatic hydroxyl groups excluding tert-OH is 1. The number of anilines is 1. The molecule has 2 aromatic rings. The highest BCUT2D eigenvalue weighted by molar-refractivity contribution is 5.94. The number of fused-ring (bicyclic) bond motifs is 1. The maximum absolute atomic E-state index is 10.9. The summed E-state index contributed by atoms with van der Waals surface area (Å²) in [7, 11) is 0. The van der Waals surface area contributed by atoms with E-state index in [9.17, 15) is 15.2 Å². The minimum absolute atomic E-state index is 0.0151. The van der Waals surface area contributed by atoms with Gasteiger partial charge < -0.3 is 10.0 Å². The lowest BCUT2D eigenvalue weighted by Gasteiger charge is -2.24. The van der Waals surface area contributed by atoms with Gasteiger partial charge in [-0.05, 0) is 29.2 Å². The molecule has 0 saturated carbocycles. The van der Waals surface area contributed by atoms with Crippen molar-refractivity contribution in [3.8, 4) is 0 Å². The number of non-ortho nitro benzene ring substituents is 1. The van der Waals surface area contributed by atoms with E-state index in [-0.39, 0.29) is 23.9 Å². The molecule has 100 valence electrons. The fourth-order valence-electron chi connectivity index (χ4n) is 2.56. The van der Waals surface area contributed by atoms with Gasteiger partial charge >= 0.3 is 5.69 Å². The van der Waals surface area contributed by atoms with Gasteiger partial charge in [0.1, 0.15) is 0 Å². The van der Waals surface area contributed by atoms with Crippen molar-refractivity contribution >= 4 is 22.4 Å². The molecule has 1 N–H and O–H groups in total. The number of nitro benzene ring substituents is 1. The van der Waals surface area contributed by atoms with Crippen molar-refractivity contribution in [1.29, 1.82) is 0 Å². The Morgan fingerprint density at radius 1 is 1.47 bits per heavy atom. The van der Waals surface area contributed by atoms with Crippen LogP contribution in [0.2, 0.25) is 0 Å². The molecule has 2 heterocycles. The topological polar surface area (TPSA) is 106 Å². The van der Waals surface area contributed by atoms with Crippen LogP contribution < -0.4 is 4.90 Å². The van der Waals surface area contributed by atoms with E-state index < -0.39 is 4.92 Å². The van der Waals surface area contributed by atoms with Crippen molar-refractivity contribution in [2.75, 3.05) is 18.1 Å². The van der Waals surface area contributed by atoms with E-state index in [1.165, 1.54) is 6.07 Å². The van der Waals surface area contributed by atoms with E-state index in [4.69, 9.17) is 0 Å². The zero-order valence-electron chi connectivity index (χ0n) is 10.0. The molecule has 0 aliphatic carbocycles. The molecule has 1 aliphatic rings. The predicted molar refractivity (Wildman–Crippen MR) is 65.9 cm³/mol. The van der Waals surface area contributed by atoms with Crippen LogP contribution in [-0.2, 0) is 0 Å². The van der Waals surface area contributed by atoms with Crippen LogP contribution in [0.15, 0.2) is 16.8 Å². The molecule has 0 amide bonds. The van der Waals surface area contributed by atoms with Crippen molar-refractivity contribution < 1.29 is 14.7 Å². The number of aromatic nitrogens is 2. The first-order valence-electron chi connectivity index (χ1n) is 5.99. The molecule has 1 fully saturated rings. The number of aliphatic hydroxyl groups is 1. The second kappa shape index (κ2) is 4.47. The van der Waals surface area contributed by atoms with Gasteiger partial charge in [-0.1, -0.05) is 0 Å². The van der Waals surface area contributed by atoms with Gasteiger partial charge in [0.25, 0.3) is 0 Å². The third kappa shape index (κ3) is 1.80. The molecule has 8 nitrogen and oxygen atoms in total. The van der Waals surface area contributed by atoms with Crippen LogP contribution >= 0.6 is 0 Å². The maximum Gasteiger partial charge on any atom is 0.300 e. The van der Waals surface area contributed by atoms with Crippen LogP contribution in [0.3, 0.4) is 0 Å². The Morgan fingerprint density at radius 2 is 2.26 bits per heavy atom. The molecule has 0 bridgehead atoms. The minimum atomic E-state index is -0.510. The first-order valence-corrected chi connectivity index (χ1v) is 5.99.